The fourth-order valence-electron chi connectivity index (χ4n) is 3.41. The van der Waals surface area contributed by atoms with Gasteiger partial charge in [0.25, 0.3) is 0 Å². The molecule has 0 spiro atoms. The van der Waals surface area contributed by atoms with Gasteiger partial charge in [-0.1, -0.05) is 0 Å². The number of H-pyrrole nitrogens is 1. The van der Waals surface area contributed by atoms with Crippen molar-refractivity contribution in [3.8, 4) is 0 Å². The van der Waals surface area contributed by atoms with E-state index >= 15 is 0 Å². The number of aliphatic carboxylic acids is 1. The van der Waals surface area contributed by atoms with E-state index in [1.54, 1.807) is 23.2 Å². The molecule has 0 radical (unpaired) electrons. The Labute approximate surface area is 149 Å². The minimum Gasteiger partial charge on any atom is -0.481 e. The predicted molar refractivity (Wildman–Crippen MR) is 90.7 cm³/mol. The molecule has 138 valence electrons. The van der Waals surface area contributed by atoms with Gasteiger partial charge < -0.3 is 15.0 Å². The van der Waals surface area contributed by atoms with Gasteiger partial charge in [0, 0.05) is 44.0 Å². The molecule has 1 saturated heterocycles. The molecule has 2 aromatic heterocycles. The van der Waals surface area contributed by atoms with E-state index in [1.165, 1.54) is 10.5 Å². The Bertz CT molecular complexity index is 977. The number of nitrogens with one attached hydrogen (secondary N) is 1. The van der Waals surface area contributed by atoms with Gasteiger partial charge in [0.2, 0.25) is 15.9 Å². The van der Waals surface area contributed by atoms with Crippen molar-refractivity contribution in [3.05, 3.63) is 24.5 Å². The maximum absolute atomic E-state index is 12.9. The molecule has 1 saturated carbocycles. The van der Waals surface area contributed by atoms with Crippen LogP contribution in [-0.2, 0) is 19.6 Å². The number of carboxylic acid groups (broad SMARTS) is 1. The number of nitrogens with zero attached hydrogens (tertiary/aromatic N) is 3. The van der Waals surface area contributed by atoms with E-state index < -0.39 is 27.8 Å². The second-order valence-electron chi connectivity index (χ2n) is 6.57. The molecule has 2 N–H and O–H groups in total. The molecule has 2 aliphatic rings. The Balaban J connectivity index is 1.46. The number of aromatic nitrogens is 2. The van der Waals surface area contributed by atoms with Crippen molar-refractivity contribution in [2.75, 3.05) is 26.2 Å². The van der Waals surface area contributed by atoms with Crippen LogP contribution in [0.15, 0.2) is 29.4 Å². The van der Waals surface area contributed by atoms with Crippen LogP contribution in [0.5, 0.6) is 0 Å². The Morgan fingerprint density at radius 2 is 1.92 bits per heavy atom. The van der Waals surface area contributed by atoms with E-state index in [0.29, 0.717) is 17.5 Å². The van der Waals surface area contributed by atoms with Crippen molar-refractivity contribution in [2.24, 2.45) is 11.8 Å². The third-order valence-electron chi connectivity index (χ3n) is 5.01. The number of carbonyl (C=O) groups excluding carboxylic acids is 1. The van der Waals surface area contributed by atoms with Crippen molar-refractivity contribution in [1.29, 1.82) is 0 Å². The molecule has 2 fully saturated rings. The third-order valence-corrected chi connectivity index (χ3v) is 6.94. The first kappa shape index (κ1) is 17.0. The van der Waals surface area contributed by atoms with Crippen LogP contribution in [0.4, 0.5) is 0 Å². The smallest absolute Gasteiger partial charge is 0.307 e. The lowest BCUT2D eigenvalue weighted by molar-refractivity contribution is -0.142. The molecule has 1 amide bonds. The molecule has 9 nitrogen and oxygen atoms in total. The number of fused-ring (bicyclic) bond motifs is 1. The predicted octanol–water partition coefficient (Wildman–Crippen LogP) is 0.117. The quantitative estimate of drug-likeness (QED) is 0.779. The maximum Gasteiger partial charge on any atom is 0.307 e. The van der Waals surface area contributed by atoms with Crippen molar-refractivity contribution in [3.63, 3.8) is 0 Å². The molecule has 3 heterocycles. The molecule has 0 aromatic carbocycles. The molecular formula is C16H18N4O5S. The van der Waals surface area contributed by atoms with Crippen LogP contribution < -0.4 is 0 Å². The van der Waals surface area contributed by atoms with Gasteiger partial charge in [0.15, 0.2) is 0 Å². The zero-order chi connectivity index (χ0) is 18.5. The van der Waals surface area contributed by atoms with Crippen LogP contribution >= 0.6 is 0 Å². The van der Waals surface area contributed by atoms with Crippen molar-refractivity contribution < 1.29 is 23.1 Å². The second-order valence-corrected chi connectivity index (χ2v) is 8.48. The number of carboxylic acids is 1. The number of carbonyl (C=O) groups is 2. The first-order valence-corrected chi connectivity index (χ1v) is 9.77. The monoisotopic (exact) mass is 378 g/mol. The average Bonchev–Trinajstić information content (AvgIpc) is 3.33. The highest BCUT2D eigenvalue weighted by atomic mass is 32.2. The van der Waals surface area contributed by atoms with Crippen LogP contribution in [0.2, 0.25) is 0 Å². The lowest BCUT2D eigenvalue weighted by atomic mass is 10.2. The van der Waals surface area contributed by atoms with Crippen molar-refractivity contribution >= 4 is 32.9 Å². The van der Waals surface area contributed by atoms with Crippen LogP contribution in [0.1, 0.15) is 6.42 Å². The van der Waals surface area contributed by atoms with Crippen molar-refractivity contribution in [1.82, 2.24) is 19.2 Å². The topological polar surface area (TPSA) is 124 Å². The molecule has 2 unspecified atom stereocenters. The summed E-state index contributed by atoms with van der Waals surface area (Å²) in [5.74, 6) is -2.19. The zero-order valence-electron chi connectivity index (χ0n) is 13.8. The number of piperazine rings is 1. The summed E-state index contributed by atoms with van der Waals surface area (Å²) in [5.41, 5.74) is 0.508. The van der Waals surface area contributed by atoms with Gasteiger partial charge in [-0.25, -0.2) is 13.4 Å². The Morgan fingerprint density at radius 3 is 2.58 bits per heavy atom. The maximum atomic E-state index is 12.9. The van der Waals surface area contributed by atoms with Gasteiger partial charge in [-0.15, -0.1) is 0 Å². The normalized spacial score (nSPS) is 23.9. The van der Waals surface area contributed by atoms with Gasteiger partial charge in [-0.05, 0) is 18.6 Å². The summed E-state index contributed by atoms with van der Waals surface area (Å²) in [5, 5.41) is 9.48. The number of hydrogen-bond acceptors (Lipinski definition) is 5. The van der Waals surface area contributed by atoms with Gasteiger partial charge in [-0.3, -0.25) is 9.59 Å². The van der Waals surface area contributed by atoms with E-state index in [1.807, 2.05) is 0 Å². The summed E-state index contributed by atoms with van der Waals surface area (Å²) >= 11 is 0. The van der Waals surface area contributed by atoms with Gasteiger partial charge in [0.05, 0.1) is 11.8 Å². The number of hydrogen-bond donors (Lipinski definition) is 2. The SMILES string of the molecule is O=C(O)C1CC1C(=O)N1CCN(S(=O)(=O)c2c[nH]c3ncccc23)CC1. The largest absolute Gasteiger partial charge is 0.481 e. The van der Waals surface area contributed by atoms with Crippen molar-refractivity contribution in [2.45, 2.75) is 11.3 Å². The summed E-state index contributed by atoms with van der Waals surface area (Å²) in [6.07, 6.45) is 3.39. The summed E-state index contributed by atoms with van der Waals surface area (Å²) in [6, 6.07) is 3.38. The second kappa shape index (κ2) is 6.06. The molecular weight excluding hydrogens is 360 g/mol. The van der Waals surface area contributed by atoms with Crippen LogP contribution in [0.25, 0.3) is 11.0 Å². The molecule has 2 aromatic rings. The summed E-state index contributed by atoms with van der Waals surface area (Å²) in [6.45, 7) is 0.903. The number of sulfonamides is 1. The summed E-state index contributed by atoms with van der Waals surface area (Å²) in [7, 11) is -3.69. The lowest BCUT2D eigenvalue weighted by Gasteiger charge is -2.34. The van der Waals surface area contributed by atoms with Crippen LogP contribution in [0.3, 0.4) is 0 Å². The van der Waals surface area contributed by atoms with Crippen LogP contribution in [-0.4, -0.2) is 70.8 Å². The highest BCUT2D eigenvalue weighted by Gasteiger charge is 2.50. The molecule has 0 bridgehead atoms. The van der Waals surface area contributed by atoms with Gasteiger partial charge in [-0.2, -0.15) is 4.31 Å². The van der Waals surface area contributed by atoms with E-state index in [9.17, 15) is 18.0 Å². The van der Waals surface area contributed by atoms with E-state index in [4.69, 9.17) is 5.11 Å². The Hall–Kier alpha value is -2.46. The molecule has 1 aliphatic carbocycles. The highest BCUT2D eigenvalue weighted by molar-refractivity contribution is 7.89. The summed E-state index contributed by atoms with van der Waals surface area (Å²) < 4.78 is 27.2. The van der Waals surface area contributed by atoms with E-state index in [0.717, 1.165) is 0 Å². The fourth-order valence-corrected chi connectivity index (χ4v) is 4.98. The third kappa shape index (κ3) is 2.74. The molecule has 10 heteroatoms. The first-order valence-electron chi connectivity index (χ1n) is 8.33. The van der Waals surface area contributed by atoms with E-state index in [-0.39, 0.29) is 37.0 Å². The van der Waals surface area contributed by atoms with Gasteiger partial charge >= 0.3 is 5.97 Å². The standard InChI is InChI=1S/C16H18N4O5S/c21-15(11-8-12(11)16(22)23)19-4-6-20(7-5-19)26(24,25)13-9-18-14-10(13)2-1-3-17-14/h1-3,9,11-12H,4-8H2,(H,17,18)(H,22,23). The molecule has 26 heavy (non-hydrogen) atoms. The number of rotatable bonds is 4. The fraction of sp³-hybridized carbons (Fsp3) is 0.438. The average molecular weight is 378 g/mol. The Kier molecular flexibility index (Phi) is 3.96. The number of aromatic amines is 1. The zero-order valence-corrected chi connectivity index (χ0v) is 14.6. The molecule has 2 atom stereocenters. The summed E-state index contributed by atoms with van der Waals surface area (Å²) in [4.78, 5) is 31.9. The van der Waals surface area contributed by atoms with Crippen LogP contribution in [0, 0.1) is 11.8 Å². The first-order chi connectivity index (χ1) is 12.4. The van der Waals surface area contributed by atoms with E-state index in [2.05, 4.69) is 9.97 Å². The minimum atomic E-state index is -3.69. The molecule has 1 aliphatic heterocycles. The highest BCUT2D eigenvalue weighted by Crippen LogP contribution is 2.40. The minimum absolute atomic E-state index is 0.175. The van der Waals surface area contributed by atoms with Gasteiger partial charge in [0.1, 0.15) is 10.5 Å². The Morgan fingerprint density at radius 1 is 1.19 bits per heavy atom. The lowest BCUT2D eigenvalue weighted by Crippen LogP contribution is -2.51. The molecule has 4 rings (SSSR count). The number of pyridine rings is 1. The number of amides is 1.